The van der Waals surface area contributed by atoms with Crippen molar-refractivity contribution in [3.8, 4) is 5.75 Å². The molecule has 2 heterocycles. The fourth-order valence-corrected chi connectivity index (χ4v) is 2.27. The summed E-state index contributed by atoms with van der Waals surface area (Å²) in [6.45, 7) is 7.74. The molecule has 0 radical (unpaired) electrons. The van der Waals surface area contributed by atoms with Crippen molar-refractivity contribution < 1.29 is 9.26 Å². The minimum atomic E-state index is 0.150. The Kier molecular flexibility index (Phi) is 4.83. The summed E-state index contributed by atoms with van der Waals surface area (Å²) in [5.41, 5.74) is 1.75. The third-order valence-electron chi connectivity index (χ3n) is 3.22. The first-order chi connectivity index (χ1) is 12.0. The summed E-state index contributed by atoms with van der Waals surface area (Å²) < 4.78 is 10.7. The Bertz CT molecular complexity index is 843. The Labute approximate surface area is 146 Å². The second kappa shape index (κ2) is 7.21. The molecule has 7 nitrogen and oxygen atoms in total. The molecule has 0 fully saturated rings. The molecule has 2 aromatic heterocycles. The van der Waals surface area contributed by atoms with Gasteiger partial charge in [0.05, 0.1) is 6.10 Å². The zero-order valence-electron chi connectivity index (χ0n) is 14.7. The van der Waals surface area contributed by atoms with Gasteiger partial charge < -0.3 is 19.9 Å². The summed E-state index contributed by atoms with van der Waals surface area (Å²) in [6.07, 6.45) is 0.150. The predicted octanol–water partition coefficient (Wildman–Crippen LogP) is 4.36. The van der Waals surface area contributed by atoms with Crippen LogP contribution in [0.2, 0.25) is 0 Å². The van der Waals surface area contributed by atoms with Crippen LogP contribution >= 0.6 is 0 Å². The molecule has 130 valence electrons. The SMILES string of the molecule is Cc1cc(Nc2ccc(OC(C)C)cc2)nc(Nc2cc(C)on2)n1. The van der Waals surface area contributed by atoms with Gasteiger partial charge in [0.25, 0.3) is 0 Å². The van der Waals surface area contributed by atoms with Gasteiger partial charge in [-0.25, -0.2) is 4.98 Å². The lowest BCUT2D eigenvalue weighted by Gasteiger charge is -2.11. The molecule has 0 unspecified atom stereocenters. The lowest BCUT2D eigenvalue weighted by molar-refractivity contribution is 0.242. The van der Waals surface area contributed by atoms with E-state index in [1.165, 1.54) is 0 Å². The van der Waals surface area contributed by atoms with Crippen LogP contribution < -0.4 is 15.4 Å². The number of rotatable bonds is 6. The molecule has 7 heteroatoms. The van der Waals surface area contributed by atoms with E-state index in [9.17, 15) is 0 Å². The number of hydrogen-bond acceptors (Lipinski definition) is 7. The lowest BCUT2D eigenvalue weighted by atomic mass is 10.3. The van der Waals surface area contributed by atoms with E-state index in [2.05, 4.69) is 25.8 Å². The highest BCUT2D eigenvalue weighted by Crippen LogP contribution is 2.21. The largest absolute Gasteiger partial charge is 0.491 e. The third kappa shape index (κ3) is 4.69. The van der Waals surface area contributed by atoms with Crippen LogP contribution in [0.25, 0.3) is 0 Å². The normalized spacial score (nSPS) is 10.8. The van der Waals surface area contributed by atoms with Gasteiger partial charge in [-0.1, -0.05) is 5.16 Å². The first-order valence-corrected chi connectivity index (χ1v) is 8.08. The maximum absolute atomic E-state index is 5.65. The quantitative estimate of drug-likeness (QED) is 0.690. The van der Waals surface area contributed by atoms with Crippen molar-refractivity contribution in [2.24, 2.45) is 0 Å². The van der Waals surface area contributed by atoms with Crippen molar-refractivity contribution in [1.82, 2.24) is 15.1 Å². The molecule has 0 spiro atoms. The molecular weight excluding hydrogens is 318 g/mol. The van der Waals surface area contributed by atoms with Gasteiger partial charge in [0.1, 0.15) is 17.3 Å². The minimum absolute atomic E-state index is 0.150. The molecule has 0 aliphatic heterocycles. The van der Waals surface area contributed by atoms with Crippen molar-refractivity contribution in [3.05, 3.63) is 47.9 Å². The number of nitrogens with zero attached hydrogens (tertiary/aromatic N) is 3. The molecule has 3 aromatic rings. The highest BCUT2D eigenvalue weighted by atomic mass is 16.5. The fourth-order valence-electron chi connectivity index (χ4n) is 2.27. The van der Waals surface area contributed by atoms with Crippen LogP contribution in [0.15, 0.2) is 40.9 Å². The minimum Gasteiger partial charge on any atom is -0.491 e. The average molecular weight is 339 g/mol. The van der Waals surface area contributed by atoms with Crippen molar-refractivity contribution in [3.63, 3.8) is 0 Å². The lowest BCUT2D eigenvalue weighted by Crippen LogP contribution is -2.05. The zero-order valence-corrected chi connectivity index (χ0v) is 14.7. The van der Waals surface area contributed by atoms with Crippen LogP contribution in [0.1, 0.15) is 25.3 Å². The molecule has 2 N–H and O–H groups in total. The Morgan fingerprint density at radius 2 is 1.72 bits per heavy atom. The van der Waals surface area contributed by atoms with Crippen LogP contribution in [-0.4, -0.2) is 21.2 Å². The van der Waals surface area contributed by atoms with Gasteiger partial charge >= 0.3 is 0 Å². The van der Waals surface area contributed by atoms with E-state index in [0.717, 1.165) is 22.9 Å². The Balaban J connectivity index is 1.73. The molecule has 0 bridgehead atoms. The summed E-state index contributed by atoms with van der Waals surface area (Å²) in [4.78, 5) is 8.82. The van der Waals surface area contributed by atoms with Crippen LogP contribution in [0.4, 0.5) is 23.3 Å². The molecule has 0 aliphatic carbocycles. The van der Waals surface area contributed by atoms with E-state index in [0.29, 0.717) is 17.6 Å². The molecule has 0 saturated heterocycles. The zero-order chi connectivity index (χ0) is 17.8. The van der Waals surface area contributed by atoms with Crippen LogP contribution in [0.3, 0.4) is 0 Å². The van der Waals surface area contributed by atoms with Gasteiger partial charge in [-0.2, -0.15) is 4.98 Å². The molecule has 0 saturated carbocycles. The topological polar surface area (TPSA) is 85.1 Å². The molecule has 3 rings (SSSR count). The van der Waals surface area contributed by atoms with E-state index in [1.807, 2.05) is 58.0 Å². The molecular formula is C18H21N5O2. The molecule has 1 aromatic carbocycles. The van der Waals surface area contributed by atoms with Crippen molar-refractivity contribution in [2.75, 3.05) is 10.6 Å². The van der Waals surface area contributed by atoms with Crippen LogP contribution in [0, 0.1) is 13.8 Å². The number of hydrogen-bond donors (Lipinski definition) is 2. The summed E-state index contributed by atoms with van der Waals surface area (Å²) in [7, 11) is 0. The van der Waals surface area contributed by atoms with Crippen molar-refractivity contribution in [1.29, 1.82) is 0 Å². The fraction of sp³-hybridized carbons (Fsp3) is 0.278. The average Bonchev–Trinajstić information content (AvgIpc) is 2.93. The number of nitrogens with one attached hydrogen (secondary N) is 2. The second-order valence-electron chi connectivity index (χ2n) is 5.98. The molecule has 0 amide bonds. The number of benzene rings is 1. The van der Waals surface area contributed by atoms with E-state index >= 15 is 0 Å². The van der Waals surface area contributed by atoms with Gasteiger partial charge in [-0.05, 0) is 52.0 Å². The van der Waals surface area contributed by atoms with Crippen LogP contribution in [0.5, 0.6) is 5.75 Å². The standard InChI is InChI=1S/C18H21N5O2/c1-11(2)24-15-7-5-14(6-8-15)20-16-9-12(3)19-18(21-16)22-17-10-13(4)25-23-17/h5-11H,1-4H3,(H2,19,20,21,22,23). The van der Waals surface area contributed by atoms with E-state index in [1.54, 1.807) is 6.07 Å². The van der Waals surface area contributed by atoms with Gasteiger partial charge in [-0.15, -0.1) is 0 Å². The van der Waals surface area contributed by atoms with Gasteiger partial charge in [0.2, 0.25) is 5.95 Å². The number of aromatic nitrogens is 3. The van der Waals surface area contributed by atoms with Gasteiger partial charge in [-0.3, -0.25) is 0 Å². The number of aryl methyl sites for hydroxylation is 2. The van der Waals surface area contributed by atoms with Crippen molar-refractivity contribution >= 4 is 23.3 Å². The molecule has 25 heavy (non-hydrogen) atoms. The van der Waals surface area contributed by atoms with Gasteiger partial charge in [0, 0.05) is 23.5 Å². The maximum Gasteiger partial charge on any atom is 0.230 e. The Morgan fingerprint density at radius 3 is 2.36 bits per heavy atom. The molecule has 0 aliphatic rings. The van der Waals surface area contributed by atoms with Crippen LogP contribution in [-0.2, 0) is 0 Å². The smallest absolute Gasteiger partial charge is 0.230 e. The molecule has 0 atom stereocenters. The summed E-state index contributed by atoms with van der Waals surface area (Å²) in [6, 6.07) is 11.4. The second-order valence-corrected chi connectivity index (χ2v) is 5.98. The van der Waals surface area contributed by atoms with E-state index < -0.39 is 0 Å². The Hall–Kier alpha value is -3.09. The summed E-state index contributed by atoms with van der Waals surface area (Å²) >= 11 is 0. The highest BCUT2D eigenvalue weighted by Gasteiger charge is 2.06. The Morgan fingerprint density at radius 1 is 0.960 bits per heavy atom. The first kappa shape index (κ1) is 16.8. The maximum atomic E-state index is 5.65. The van der Waals surface area contributed by atoms with Gasteiger partial charge in [0.15, 0.2) is 5.82 Å². The first-order valence-electron chi connectivity index (χ1n) is 8.08. The third-order valence-corrected chi connectivity index (χ3v) is 3.22. The predicted molar refractivity (Wildman–Crippen MR) is 96.8 cm³/mol. The van der Waals surface area contributed by atoms with Crippen molar-refractivity contribution in [2.45, 2.75) is 33.8 Å². The number of ether oxygens (including phenoxy) is 1. The van der Waals surface area contributed by atoms with E-state index in [4.69, 9.17) is 9.26 Å². The van der Waals surface area contributed by atoms with E-state index in [-0.39, 0.29) is 6.10 Å². The monoisotopic (exact) mass is 339 g/mol. The highest BCUT2D eigenvalue weighted by molar-refractivity contribution is 5.59. The summed E-state index contributed by atoms with van der Waals surface area (Å²) in [5.74, 6) is 3.27. The summed E-state index contributed by atoms with van der Waals surface area (Å²) in [5, 5.41) is 10.2. The number of anilines is 4.